The number of fused-ring (bicyclic) bond motifs is 3. The van der Waals surface area contributed by atoms with Gasteiger partial charge in [-0.15, -0.1) is 0 Å². The summed E-state index contributed by atoms with van der Waals surface area (Å²) in [6.07, 6.45) is 7.31. The lowest BCUT2D eigenvalue weighted by molar-refractivity contribution is 0.416. The summed E-state index contributed by atoms with van der Waals surface area (Å²) in [4.78, 5) is 0. The predicted octanol–water partition coefficient (Wildman–Crippen LogP) is 12.2. The maximum Gasteiger partial charge on any atom is 0.126 e. The minimum Gasteiger partial charge on any atom is -0.496 e. The van der Waals surface area contributed by atoms with Gasteiger partial charge < -0.3 is 4.74 Å². The van der Waals surface area contributed by atoms with E-state index in [0.717, 1.165) is 12.2 Å². The number of ether oxygens (including phenoxy) is 1. The molecule has 0 fully saturated rings. The Balaban J connectivity index is 1.65. The van der Waals surface area contributed by atoms with Crippen LogP contribution in [0.4, 0.5) is 0 Å². The normalized spacial score (nSPS) is 16.5. The molecular weight excluding hydrogens is 556 g/mol. The van der Waals surface area contributed by atoms with Crippen LogP contribution in [0.2, 0.25) is 0 Å². The number of benzene rings is 7. The molecule has 3 aliphatic carbocycles. The molecule has 3 aliphatic rings. The van der Waals surface area contributed by atoms with E-state index >= 15 is 0 Å². The molecule has 0 radical (unpaired) electrons. The van der Waals surface area contributed by atoms with Gasteiger partial charge in [0.1, 0.15) is 5.75 Å². The summed E-state index contributed by atoms with van der Waals surface area (Å²) in [6.45, 7) is 0. The smallest absolute Gasteiger partial charge is 0.126 e. The van der Waals surface area contributed by atoms with Gasteiger partial charge in [-0.25, -0.2) is 0 Å². The summed E-state index contributed by atoms with van der Waals surface area (Å²) < 4.78 is 6.16. The molecule has 0 spiro atoms. The topological polar surface area (TPSA) is 9.23 Å². The van der Waals surface area contributed by atoms with Crippen molar-refractivity contribution in [3.8, 4) is 50.3 Å². The molecule has 7 aromatic carbocycles. The number of rotatable bonds is 5. The van der Waals surface area contributed by atoms with Crippen LogP contribution in [0.25, 0.3) is 66.1 Å². The van der Waals surface area contributed by atoms with Crippen LogP contribution in [-0.4, -0.2) is 7.11 Å². The highest BCUT2D eigenvalue weighted by atomic mass is 16.5. The van der Waals surface area contributed by atoms with E-state index < -0.39 is 0 Å². The van der Waals surface area contributed by atoms with E-state index in [1.807, 2.05) is 0 Å². The lowest BCUT2D eigenvalue weighted by atomic mass is 9.64. The van der Waals surface area contributed by atoms with Crippen molar-refractivity contribution >= 4 is 21.5 Å². The highest BCUT2D eigenvalue weighted by Crippen LogP contribution is 2.60. The molecule has 2 bridgehead atoms. The largest absolute Gasteiger partial charge is 0.496 e. The Morgan fingerprint density at radius 2 is 0.848 bits per heavy atom. The first-order chi connectivity index (χ1) is 22.8. The molecule has 2 unspecified atom stereocenters. The van der Waals surface area contributed by atoms with E-state index in [9.17, 15) is 0 Å². The minimum absolute atomic E-state index is 0.349. The van der Waals surface area contributed by atoms with E-state index in [-0.39, 0.29) is 0 Å². The summed E-state index contributed by atoms with van der Waals surface area (Å²) in [5, 5.41) is 5.19. The molecule has 0 saturated heterocycles. The summed E-state index contributed by atoms with van der Waals surface area (Å²) in [6, 6.07) is 50.9. The van der Waals surface area contributed by atoms with Crippen molar-refractivity contribution in [2.75, 3.05) is 7.11 Å². The Bertz CT molecular complexity index is 2280. The van der Waals surface area contributed by atoms with Crippen LogP contribution >= 0.6 is 0 Å². The Hall–Kier alpha value is -5.40. The summed E-state index contributed by atoms with van der Waals surface area (Å²) >= 11 is 0. The van der Waals surface area contributed by atoms with E-state index in [2.05, 4.69) is 152 Å². The van der Waals surface area contributed by atoms with Crippen molar-refractivity contribution in [2.45, 2.75) is 24.7 Å². The molecule has 46 heavy (non-hydrogen) atoms. The third-order valence-electron chi connectivity index (χ3n) is 10.2. The molecule has 0 N–H and O–H groups in total. The van der Waals surface area contributed by atoms with Gasteiger partial charge in [-0.05, 0) is 90.5 Å². The fourth-order valence-electron chi connectivity index (χ4n) is 8.39. The highest BCUT2D eigenvalue weighted by molar-refractivity contribution is 6.29. The second-order valence-electron chi connectivity index (χ2n) is 12.6. The summed E-state index contributed by atoms with van der Waals surface area (Å²) in [5.41, 5.74) is 13.2. The Kier molecular flexibility index (Phi) is 6.38. The number of para-hydroxylation sites is 1. The van der Waals surface area contributed by atoms with Gasteiger partial charge in [0.25, 0.3) is 0 Å². The van der Waals surface area contributed by atoms with Gasteiger partial charge in [-0.3, -0.25) is 0 Å². The number of hydrogen-bond donors (Lipinski definition) is 0. The van der Waals surface area contributed by atoms with Crippen LogP contribution in [0.15, 0.2) is 152 Å². The molecule has 2 atom stereocenters. The standard InChI is InChI=1S/C45H34O/c1-46-37-24-14-13-23-36(37)43-41-33-27-25-32(26-28-33)40(41)42(31-19-9-4-10-20-31)44-38(29-15-5-2-6-16-29)34-21-11-12-22-35(34)39(45(43)44)30-17-7-3-8-18-30/h2-25,27,32-33H,26,28H2,1H3. The Morgan fingerprint density at radius 3 is 1.35 bits per heavy atom. The lowest BCUT2D eigenvalue weighted by Crippen LogP contribution is -2.20. The quantitative estimate of drug-likeness (QED) is 0.143. The van der Waals surface area contributed by atoms with Crippen LogP contribution < -0.4 is 4.74 Å². The van der Waals surface area contributed by atoms with Crippen LogP contribution in [0.5, 0.6) is 5.75 Å². The van der Waals surface area contributed by atoms with Crippen molar-refractivity contribution in [2.24, 2.45) is 0 Å². The molecule has 10 rings (SSSR count). The zero-order chi connectivity index (χ0) is 30.6. The van der Waals surface area contributed by atoms with Gasteiger partial charge in [0.15, 0.2) is 0 Å². The second kappa shape index (κ2) is 10.9. The molecule has 1 heteroatoms. The highest BCUT2D eigenvalue weighted by Gasteiger charge is 2.38. The zero-order valence-electron chi connectivity index (χ0n) is 25.9. The molecule has 0 amide bonds. The maximum absolute atomic E-state index is 6.16. The van der Waals surface area contributed by atoms with Gasteiger partial charge in [0, 0.05) is 17.4 Å². The summed E-state index contributed by atoms with van der Waals surface area (Å²) in [5.74, 6) is 1.63. The first kappa shape index (κ1) is 27.0. The van der Waals surface area contributed by atoms with Crippen molar-refractivity contribution in [3.63, 3.8) is 0 Å². The zero-order valence-corrected chi connectivity index (χ0v) is 25.9. The molecule has 0 heterocycles. The number of methoxy groups -OCH3 is 1. The molecule has 1 nitrogen and oxygen atoms in total. The average molecular weight is 591 g/mol. The molecular formula is C45H34O. The van der Waals surface area contributed by atoms with Crippen LogP contribution in [-0.2, 0) is 0 Å². The minimum atomic E-state index is 0.349. The Morgan fingerprint density at radius 1 is 0.435 bits per heavy atom. The van der Waals surface area contributed by atoms with Crippen molar-refractivity contribution < 1.29 is 4.74 Å². The van der Waals surface area contributed by atoms with Gasteiger partial charge in [0.05, 0.1) is 7.11 Å². The van der Waals surface area contributed by atoms with Gasteiger partial charge >= 0.3 is 0 Å². The number of hydrogen-bond acceptors (Lipinski definition) is 1. The van der Waals surface area contributed by atoms with Gasteiger partial charge in [0.2, 0.25) is 0 Å². The fourth-order valence-corrected chi connectivity index (χ4v) is 8.39. The van der Waals surface area contributed by atoms with Gasteiger partial charge in [-0.1, -0.05) is 146 Å². The first-order valence-corrected chi connectivity index (χ1v) is 16.4. The molecule has 220 valence electrons. The monoisotopic (exact) mass is 590 g/mol. The van der Waals surface area contributed by atoms with E-state index in [1.54, 1.807) is 7.11 Å². The maximum atomic E-state index is 6.16. The van der Waals surface area contributed by atoms with E-state index in [1.165, 1.54) is 83.6 Å². The molecule has 0 saturated carbocycles. The third-order valence-corrected chi connectivity index (χ3v) is 10.2. The SMILES string of the molecule is COc1ccccc1-c1c2c(c(-c3ccccc3)c3c(-c4ccccc4)c4ccccc4c(-c4ccccc4)c13)C1C=CC2CC1. The lowest BCUT2D eigenvalue weighted by Gasteiger charge is -2.39. The molecule has 0 aromatic heterocycles. The van der Waals surface area contributed by atoms with Crippen molar-refractivity contribution in [3.05, 3.63) is 163 Å². The second-order valence-corrected chi connectivity index (χ2v) is 12.6. The Labute approximate surface area is 270 Å². The van der Waals surface area contributed by atoms with Crippen LogP contribution in [0.1, 0.15) is 35.8 Å². The van der Waals surface area contributed by atoms with Crippen molar-refractivity contribution in [1.82, 2.24) is 0 Å². The van der Waals surface area contributed by atoms with Crippen LogP contribution in [0, 0.1) is 0 Å². The van der Waals surface area contributed by atoms with Crippen molar-refractivity contribution in [1.29, 1.82) is 0 Å². The number of allylic oxidation sites excluding steroid dienone is 2. The van der Waals surface area contributed by atoms with Crippen LogP contribution in [0.3, 0.4) is 0 Å². The first-order valence-electron chi connectivity index (χ1n) is 16.4. The van der Waals surface area contributed by atoms with E-state index in [0.29, 0.717) is 11.8 Å². The summed E-state index contributed by atoms with van der Waals surface area (Å²) in [7, 11) is 1.81. The predicted molar refractivity (Wildman–Crippen MR) is 194 cm³/mol. The van der Waals surface area contributed by atoms with E-state index in [4.69, 9.17) is 4.74 Å². The fraction of sp³-hybridized carbons (Fsp3) is 0.111. The average Bonchev–Trinajstić information content (AvgIpc) is 3.14. The molecule has 7 aromatic rings. The third kappa shape index (κ3) is 4.01. The molecule has 0 aliphatic heterocycles. The van der Waals surface area contributed by atoms with Gasteiger partial charge in [-0.2, -0.15) is 0 Å².